The van der Waals surface area contributed by atoms with Gasteiger partial charge in [-0.2, -0.15) is 13.2 Å². The summed E-state index contributed by atoms with van der Waals surface area (Å²) in [5.41, 5.74) is 4.18. The van der Waals surface area contributed by atoms with Gasteiger partial charge in [0, 0.05) is 11.2 Å². The second kappa shape index (κ2) is 10.4. The Hall–Kier alpha value is -2.41. The number of aliphatic hydroxyl groups excluding tert-OH is 3. The number of aliphatic carboxylic acids is 2. The average Bonchev–Trinajstić information content (AvgIpc) is 2.57. The van der Waals surface area contributed by atoms with E-state index in [1.807, 2.05) is 20.8 Å². The van der Waals surface area contributed by atoms with Gasteiger partial charge in [0.25, 0.3) is 0 Å². The van der Waals surface area contributed by atoms with E-state index < -0.39 is 41.9 Å². The molecule has 0 radical (unpaired) electrons. The first-order valence-electron chi connectivity index (χ1n) is 8.18. The summed E-state index contributed by atoms with van der Waals surface area (Å²) in [4.78, 5) is 19.5. The highest BCUT2D eigenvalue weighted by Crippen LogP contribution is 2.35. The molecular weight excluding hydrogens is 401 g/mol. The number of hydrogen-bond acceptors (Lipinski definition) is 7. The molecule has 0 fully saturated rings. The Morgan fingerprint density at radius 3 is 1.83 bits per heavy atom. The van der Waals surface area contributed by atoms with Crippen LogP contribution in [0.2, 0.25) is 0 Å². The third kappa shape index (κ3) is 9.09. The van der Waals surface area contributed by atoms with Crippen molar-refractivity contribution in [3.63, 3.8) is 0 Å². The van der Waals surface area contributed by atoms with Gasteiger partial charge in [-0.1, -0.05) is 6.07 Å². The third-order valence-electron chi connectivity index (χ3n) is 3.38. The summed E-state index contributed by atoms with van der Waals surface area (Å²) < 4.78 is 38.3. The van der Waals surface area contributed by atoms with Crippen LogP contribution in [0.5, 0.6) is 0 Å². The molecule has 0 aliphatic carbocycles. The van der Waals surface area contributed by atoms with E-state index in [0.717, 1.165) is 6.07 Å². The minimum Gasteiger partial charge on any atom is -0.479 e. The van der Waals surface area contributed by atoms with E-state index in [4.69, 9.17) is 26.2 Å². The van der Waals surface area contributed by atoms with Crippen LogP contribution in [-0.4, -0.2) is 61.8 Å². The average molecular weight is 426 g/mol. The van der Waals surface area contributed by atoms with Crippen molar-refractivity contribution in [2.24, 2.45) is 0 Å². The van der Waals surface area contributed by atoms with Crippen LogP contribution in [0, 0.1) is 0 Å². The Labute approximate surface area is 164 Å². The summed E-state index contributed by atoms with van der Waals surface area (Å²) in [6.07, 6.45) is -9.03. The fourth-order valence-electron chi connectivity index (χ4n) is 2.06. The van der Waals surface area contributed by atoms with Gasteiger partial charge in [0.1, 0.15) is 0 Å². The number of nitrogens with one attached hydrogen (secondary N) is 1. The van der Waals surface area contributed by atoms with Crippen molar-refractivity contribution in [1.82, 2.24) is 5.32 Å². The minimum atomic E-state index is -4.50. The lowest BCUT2D eigenvalue weighted by Gasteiger charge is -2.28. The molecule has 1 rings (SSSR count). The van der Waals surface area contributed by atoms with Crippen molar-refractivity contribution in [2.75, 3.05) is 12.3 Å². The Morgan fingerprint density at radius 1 is 1.07 bits per heavy atom. The molecule has 3 atom stereocenters. The molecule has 1 unspecified atom stereocenters. The van der Waals surface area contributed by atoms with Crippen LogP contribution in [0.3, 0.4) is 0 Å². The number of anilines is 1. The van der Waals surface area contributed by atoms with Crippen molar-refractivity contribution in [2.45, 2.75) is 50.7 Å². The summed E-state index contributed by atoms with van der Waals surface area (Å²) in [6.45, 7) is 5.32. The number of nitrogens with two attached hydrogens (primary N) is 1. The lowest BCUT2D eigenvalue weighted by Crippen LogP contribution is -2.40. The SMILES string of the molecule is CC(C)(C)NC(CO)c1ccc(N)c(C(F)(F)F)c1.O=C(O)[C@@H](O)[C@H](O)C(=O)O. The van der Waals surface area contributed by atoms with Crippen molar-refractivity contribution in [3.8, 4) is 0 Å². The van der Waals surface area contributed by atoms with Gasteiger partial charge in [-0.15, -0.1) is 0 Å². The summed E-state index contributed by atoms with van der Waals surface area (Å²) in [5, 5.41) is 44.9. The fraction of sp³-hybridized carbons (Fsp3) is 0.529. The highest BCUT2D eigenvalue weighted by Gasteiger charge is 2.34. The molecule has 0 spiro atoms. The molecule has 0 aliphatic heterocycles. The third-order valence-corrected chi connectivity index (χ3v) is 3.38. The van der Waals surface area contributed by atoms with E-state index in [9.17, 15) is 27.9 Å². The molecule has 0 saturated carbocycles. The maximum atomic E-state index is 12.8. The van der Waals surface area contributed by atoms with Gasteiger partial charge >= 0.3 is 18.1 Å². The molecule has 166 valence electrons. The van der Waals surface area contributed by atoms with Crippen LogP contribution in [-0.2, 0) is 15.8 Å². The van der Waals surface area contributed by atoms with Crippen LogP contribution < -0.4 is 11.1 Å². The number of carboxylic acid groups (broad SMARTS) is 2. The quantitative estimate of drug-likeness (QED) is 0.321. The van der Waals surface area contributed by atoms with Crippen molar-refractivity contribution in [1.29, 1.82) is 0 Å². The van der Waals surface area contributed by atoms with Gasteiger partial charge in [0.2, 0.25) is 0 Å². The van der Waals surface area contributed by atoms with E-state index >= 15 is 0 Å². The number of rotatable bonds is 6. The molecule has 0 saturated heterocycles. The van der Waals surface area contributed by atoms with E-state index in [2.05, 4.69) is 5.32 Å². The van der Waals surface area contributed by atoms with Gasteiger partial charge in [0.15, 0.2) is 12.2 Å². The predicted octanol–water partition coefficient (Wildman–Crippen LogP) is 0.586. The van der Waals surface area contributed by atoms with E-state index in [-0.39, 0.29) is 17.8 Å². The number of hydrogen-bond donors (Lipinski definition) is 7. The Kier molecular flexibility index (Phi) is 9.53. The zero-order valence-electron chi connectivity index (χ0n) is 15.9. The first-order valence-corrected chi connectivity index (χ1v) is 8.18. The predicted molar refractivity (Wildman–Crippen MR) is 95.9 cm³/mol. The minimum absolute atomic E-state index is 0.293. The zero-order valence-corrected chi connectivity index (χ0v) is 15.9. The van der Waals surface area contributed by atoms with Crippen LogP contribution in [0.25, 0.3) is 0 Å². The van der Waals surface area contributed by atoms with Gasteiger partial charge in [-0.05, 0) is 38.5 Å². The molecule has 0 bridgehead atoms. The van der Waals surface area contributed by atoms with Crippen LogP contribution in [0.1, 0.15) is 37.9 Å². The second-order valence-electron chi connectivity index (χ2n) is 7.04. The first kappa shape index (κ1) is 26.6. The Morgan fingerprint density at radius 2 is 1.52 bits per heavy atom. The Balaban J connectivity index is 0.000000665. The number of aliphatic hydroxyl groups is 3. The summed E-state index contributed by atoms with van der Waals surface area (Å²) in [7, 11) is 0. The molecule has 8 N–H and O–H groups in total. The van der Waals surface area contributed by atoms with Crippen molar-refractivity contribution in [3.05, 3.63) is 29.3 Å². The number of carbonyl (C=O) groups is 2. The standard InChI is InChI=1S/C13H19F3N2O.C4H6O6/c1-12(2,3)18-11(7-19)8-4-5-10(17)9(6-8)13(14,15)16;5-1(3(7)8)2(6)4(9)10/h4-6,11,18-19H,7,17H2,1-3H3;1-2,5-6H,(H,7,8)(H,9,10)/t;1-,2-/m.0/s1. The highest BCUT2D eigenvalue weighted by atomic mass is 19.4. The molecule has 9 nitrogen and oxygen atoms in total. The zero-order chi connectivity index (χ0) is 23.2. The Bertz CT molecular complexity index is 687. The van der Waals surface area contributed by atoms with Crippen molar-refractivity contribution >= 4 is 17.6 Å². The van der Waals surface area contributed by atoms with E-state index in [1.165, 1.54) is 12.1 Å². The van der Waals surface area contributed by atoms with Gasteiger partial charge < -0.3 is 36.6 Å². The molecule has 12 heteroatoms. The molecule has 0 heterocycles. The largest absolute Gasteiger partial charge is 0.479 e. The summed E-state index contributed by atoms with van der Waals surface area (Å²) in [5.74, 6) is -3.54. The van der Waals surface area contributed by atoms with Gasteiger partial charge in [-0.3, -0.25) is 0 Å². The molecule has 29 heavy (non-hydrogen) atoms. The number of carboxylic acids is 2. The second-order valence-corrected chi connectivity index (χ2v) is 7.04. The number of nitrogen functional groups attached to an aromatic ring is 1. The molecule has 0 amide bonds. The van der Waals surface area contributed by atoms with Crippen LogP contribution in [0.4, 0.5) is 18.9 Å². The molecular formula is C17H25F3N2O7. The highest BCUT2D eigenvalue weighted by molar-refractivity contribution is 5.83. The molecule has 1 aromatic rings. The first-order chi connectivity index (χ1) is 13.0. The monoisotopic (exact) mass is 426 g/mol. The van der Waals surface area contributed by atoms with Crippen LogP contribution >= 0.6 is 0 Å². The fourth-order valence-corrected chi connectivity index (χ4v) is 2.06. The van der Waals surface area contributed by atoms with E-state index in [1.54, 1.807) is 0 Å². The molecule has 0 aromatic heterocycles. The number of halogens is 3. The smallest absolute Gasteiger partial charge is 0.418 e. The lowest BCUT2D eigenvalue weighted by atomic mass is 9.99. The molecule has 1 aromatic carbocycles. The summed E-state index contributed by atoms with van der Waals surface area (Å²) >= 11 is 0. The normalized spacial score (nSPS) is 14.9. The van der Waals surface area contributed by atoms with Crippen molar-refractivity contribution < 1.29 is 48.3 Å². The topological polar surface area (TPSA) is 173 Å². The van der Waals surface area contributed by atoms with Gasteiger partial charge in [-0.25, -0.2) is 9.59 Å². The number of benzene rings is 1. The lowest BCUT2D eigenvalue weighted by molar-refractivity contribution is -0.165. The van der Waals surface area contributed by atoms with E-state index in [0.29, 0.717) is 5.56 Å². The number of alkyl halides is 3. The summed E-state index contributed by atoms with van der Waals surface area (Å²) in [6, 6.07) is 3.12. The van der Waals surface area contributed by atoms with Crippen LogP contribution in [0.15, 0.2) is 18.2 Å². The van der Waals surface area contributed by atoms with Gasteiger partial charge in [0.05, 0.1) is 18.2 Å². The maximum absolute atomic E-state index is 12.8. The maximum Gasteiger partial charge on any atom is 0.418 e. The molecule has 0 aliphatic rings.